The Morgan fingerprint density at radius 3 is 2.45 bits per heavy atom. The van der Waals surface area contributed by atoms with Crippen molar-refractivity contribution in [2.45, 2.75) is 6.42 Å². The lowest BCUT2D eigenvalue weighted by atomic mass is 9.96. The first kappa shape index (κ1) is 12.4. The number of hydrogen-bond donors (Lipinski definition) is 1. The molecule has 1 aliphatic rings. The highest BCUT2D eigenvalue weighted by Crippen LogP contribution is 2.30. The number of fused-ring (bicyclic) bond motifs is 1. The minimum atomic E-state index is -0.352. The predicted octanol–water partition coefficient (Wildman–Crippen LogP) is 2.17. The zero-order valence-electron chi connectivity index (χ0n) is 11.0. The molecule has 0 spiro atoms. The Morgan fingerprint density at radius 2 is 1.75 bits per heavy atom. The Kier molecular flexibility index (Phi) is 2.99. The third-order valence-corrected chi connectivity index (χ3v) is 3.41. The van der Waals surface area contributed by atoms with Crippen LogP contribution in [0.5, 0.6) is 5.75 Å². The van der Waals surface area contributed by atoms with Crippen LogP contribution in [0.15, 0.2) is 42.5 Å². The van der Waals surface area contributed by atoms with E-state index in [0.717, 1.165) is 11.1 Å². The zero-order chi connectivity index (χ0) is 14.1. The van der Waals surface area contributed by atoms with Crippen molar-refractivity contribution in [1.29, 1.82) is 0 Å². The molecule has 0 saturated heterocycles. The summed E-state index contributed by atoms with van der Waals surface area (Å²) in [5.74, 6) is -0.0748. The number of ether oxygens (including phenoxy) is 1. The maximum Gasteiger partial charge on any atom is 0.259 e. The monoisotopic (exact) mass is 267 g/mol. The highest BCUT2D eigenvalue weighted by atomic mass is 16.5. The van der Waals surface area contributed by atoms with E-state index in [1.54, 1.807) is 19.2 Å². The van der Waals surface area contributed by atoms with E-state index in [2.05, 4.69) is 5.32 Å². The Hall–Kier alpha value is -2.62. The van der Waals surface area contributed by atoms with Crippen molar-refractivity contribution in [3.05, 3.63) is 64.7 Å². The fourth-order valence-corrected chi connectivity index (χ4v) is 2.48. The van der Waals surface area contributed by atoms with Crippen LogP contribution in [-0.2, 0) is 6.42 Å². The maximum absolute atomic E-state index is 12.0. The van der Waals surface area contributed by atoms with E-state index in [1.165, 1.54) is 0 Å². The van der Waals surface area contributed by atoms with Gasteiger partial charge in [0.25, 0.3) is 11.8 Å². The van der Waals surface area contributed by atoms with E-state index >= 15 is 0 Å². The molecule has 4 nitrogen and oxygen atoms in total. The van der Waals surface area contributed by atoms with Gasteiger partial charge in [-0.2, -0.15) is 0 Å². The molecule has 0 saturated carbocycles. The lowest BCUT2D eigenvalue weighted by molar-refractivity contribution is 0.0879. The van der Waals surface area contributed by atoms with Crippen molar-refractivity contribution in [3.63, 3.8) is 0 Å². The molecule has 1 aliphatic heterocycles. The summed E-state index contributed by atoms with van der Waals surface area (Å²) >= 11 is 0. The molecule has 0 bridgehead atoms. The van der Waals surface area contributed by atoms with Gasteiger partial charge in [-0.05, 0) is 17.7 Å². The van der Waals surface area contributed by atoms with Gasteiger partial charge in [0.15, 0.2) is 0 Å². The molecule has 0 radical (unpaired) electrons. The standard InChI is InChI=1S/C16H13NO3/c1-20-13-8-7-11-14(16(19)17-15(11)18)12(13)9-10-5-3-2-4-6-10/h2-8H,9H2,1H3,(H,17,18,19). The molecule has 0 aliphatic carbocycles. The molecule has 0 unspecified atom stereocenters. The molecule has 100 valence electrons. The fraction of sp³-hybridized carbons (Fsp3) is 0.125. The number of benzene rings is 2. The molecule has 1 N–H and O–H groups in total. The summed E-state index contributed by atoms with van der Waals surface area (Å²) in [5, 5.41) is 2.33. The second-order valence-electron chi connectivity index (χ2n) is 4.61. The number of methoxy groups -OCH3 is 1. The van der Waals surface area contributed by atoms with Gasteiger partial charge in [-0.3, -0.25) is 14.9 Å². The van der Waals surface area contributed by atoms with Crippen LogP contribution >= 0.6 is 0 Å². The quantitative estimate of drug-likeness (QED) is 0.867. The lowest BCUT2D eigenvalue weighted by Crippen LogP contribution is -2.20. The number of carbonyl (C=O) groups excluding carboxylic acids is 2. The molecule has 0 fully saturated rings. The first-order valence-corrected chi connectivity index (χ1v) is 6.30. The van der Waals surface area contributed by atoms with Crippen molar-refractivity contribution < 1.29 is 14.3 Å². The number of amides is 2. The molecule has 2 amide bonds. The van der Waals surface area contributed by atoms with Gasteiger partial charge in [0, 0.05) is 12.0 Å². The van der Waals surface area contributed by atoms with Crippen LogP contribution in [0.1, 0.15) is 31.8 Å². The number of nitrogens with one attached hydrogen (secondary N) is 1. The fourth-order valence-electron chi connectivity index (χ4n) is 2.48. The second-order valence-corrected chi connectivity index (χ2v) is 4.61. The minimum absolute atomic E-state index is 0.345. The highest BCUT2D eigenvalue weighted by Gasteiger charge is 2.31. The molecule has 2 aromatic rings. The zero-order valence-corrected chi connectivity index (χ0v) is 11.0. The van der Waals surface area contributed by atoms with Gasteiger partial charge in [0.2, 0.25) is 0 Å². The van der Waals surface area contributed by atoms with Crippen LogP contribution in [0.2, 0.25) is 0 Å². The Balaban J connectivity index is 2.14. The van der Waals surface area contributed by atoms with E-state index in [1.807, 2.05) is 30.3 Å². The van der Waals surface area contributed by atoms with E-state index in [9.17, 15) is 9.59 Å². The molecule has 4 heteroatoms. The van der Waals surface area contributed by atoms with Crippen molar-refractivity contribution in [2.24, 2.45) is 0 Å². The van der Waals surface area contributed by atoms with Crippen molar-refractivity contribution >= 4 is 11.8 Å². The van der Waals surface area contributed by atoms with Gasteiger partial charge >= 0.3 is 0 Å². The Morgan fingerprint density at radius 1 is 1.00 bits per heavy atom. The van der Waals surface area contributed by atoms with Gasteiger partial charge in [0.05, 0.1) is 18.2 Å². The number of hydrogen-bond acceptors (Lipinski definition) is 3. The molecular weight excluding hydrogens is 254 g/mol. The summed E-state index contributed by atoms with van der Waals surface area (Å²) in [5.41, 5.74) is 2.66. The smallest absolute Gasteiger partial charge is 0.259 e. The summed E-state index contributed by atoms with van der Waals surface area (Å²) in [6, 6.07) is 13.1. The van der Waals surface area contributed by atoms with Crippen LogP contribution in [0.3, 0.4) is 0 Å². The van der Waals surface area contributed by atoms with Gasteiger partial charge < -0.3 is 4.74 Å². The number of rotatable bonds is 3. The summed E-state index contributed by atoms with van der Waals surface area (Å²) in [7, 11) is 1.56. The number of carbonyl (C=O) groups is 2. The van der Waals surface area contributed by atoms with Gasteiger partial charge in [-0.25, -0.2) is 0 Å². The summed E-state index contributed by atoms with van der Waals surface area (Å²) < 4.78 is 5.34. The second kappa shape index (κ2) is 4.81. The first-order valence-electron chi connectivity index (χ1n) is 6.30. The molecule has 1 heterocycles. The summed E-state index contributed by atoms with van der Waals surface area (Å²) in [6.07, 6.45) is 0.549. The number of imide groups is 1. The molecular formula is C16H13NO3. The van der Waals surface area contributed by atoms with Crippen LogP contribution in [0.25, 0.3) is 0 Å². The van der Waals surface area contributed by atoms with E-state index in [0.29, 0.717) is 23.3 Å². The average Bonchev–Trinajstić information content (AvgIpc) is 2.76. The molecule has 3 rings (SSSR count). The lowest BCUT2D eigenvalue weighted by Gasteiger charge is -2.11. The van der Waals surface area contributed by atoms with Crippen LogP contribution in [-0.4, -0.2) is 18.9 Å². The van der Waals surface area contributed by atoms with Crippen LogP contribution in [0.4, 0.5) is 0 Å². The Bertz CT molecular complexity index is 692. The van der Waals surface area contributed by atoms with Crippen molar-refractivity contribution in [3.8, 4) is 5.75 Å². The largest absolute Gasteiger partial charge is 0.496 e. The first-order chi connectivity index (χ1) is 9.70. The van der Waals surface area contributed by atoms with Crippen molar-refractivity contribution in [2.75, 3.05) is 7.11 Å². The van der Waals surface area contributed by atoms with E-state index in [-0.39, 0.29) is 11.8 Å². The SMILES string of the molecule is COc1ccc2c(c1Cc1ccccc1)C(=O)NC2=O. The van der Waals surface area contributed by atoms with Gasteiger partial charge in [-0.1, -0.05) is 30.3 Å². The van der Waals surface area contributed by atoms with Gasteiger partial charge in [-0.15, -0.1) is 0 Å². The topological polar surface area (TPSA) is 55.4 Å². The molecule has 20 heavy (non-hydrogen) atoms. The van der Waals surface area contributed by atoms with E-state index in [4.69, 9.17) is 4.74 Å². The average molecular weight is 267 g/mol. The molecule has 0 aromatic heterocycles. The summed E-state index contributed by atoms with van der Waals surface area (Å²) in [4.78, 5) is 23.7. The highest BCUT2D eigenvalue weighted by molar-refractivity contribution is 6.22. The molecule has 2 aromatic carbocycles. The normalized spacial score (nSPS) is 13.1. The molecule has 0 atom stereocenters. The van der Waals surface area contributed by atoms with E-state index < -0.39 is 0 Å². The van der Waals surface area contributed by atoms with Crippen LogP contribution in [0, 0.1) is 0 Å². The third kappa shape index (κ3) is 1.95. The summed E-state index contributed by atoms with van der Waals surface area (Å²) in [6.45, 7) is 0. The predicted molar refractivity (Wildman–Crippen MR) is 74.0 cm³/mol. The third-order valence-electron chi connectivity index (χ3n) is 3.41. The van der Waals surface area contributed by atoms with Gasteiger partial charge in [0.1, 0.15) is 5.75 Å². The van der Waals surface area contributed by atoms with Crippen LogP contribution < -0.4 is 10.1 Å². The maximum atomic E-state index is 12.0. The van der Waals surface area contributed by atoms with Crippen molar-refractivity contribution in [1.82, 2.24) is 5.32 Å². The Labute approximate surface area is 116 Å². The minimum Gasteiger partial charge on any atom is -0.496 e.